The number of hydrogen-bond acceptors (Lipinski definition) is 22. The fraction of sp³-hybridized carbons (Fsp3) is 0.500. The molecule has 2 fully saturated rings. The molecule has 2 saturated carbocycles. The smallest absolute Gasteiger partial charge is 0.341 e. The third kappa shape index (κ3) is 21.9. The molecule has 30 nitrogen and oxygen atoms in total. The number of pyridine rings is 6. The van der Waals surface area contributed by atoms with Gasteiger partial charge in [0, 0.05) is 171 Å². The van der Waals surface area contributed by atoms with Gasteiger partial charge in [-0.1, -0.05) is 87.8 Å². The largest absolute Gasteiger partial charge is 0.493 e. The van der Waals surface area contributed by atoms with Gasteiger partial charge in [0.1, 0.15) is 88.8 Å². The number of aromatic nitrogens is 6. The highest BCUT2D eigenvalue weighted by Crippen LogP contribution is 2.52. The molecular formula is C92H113ClN6O24. The number of aromatic carboxylic acids is 4. The number of ether oxygens (including phenoxy) is 12. The fourth-order valence-electron chi connectivity index (χ4n) is 15.1. The molecule has 4 aliphatic heterocycles. The molecule has 123 heavy (non-hydrogen) atoms. The molecule has 0 saturated heterocycles. The van der Waals surface area contributed by atoms with Crippen LogP contribution in [-0.4, -0.2) is 180 Å². The molecule has 0 unspecified atom stereocenters. The predicted molar refractivity (Wildman–Crippen MR) is 461 cm³/mol. The third-order valence-electron chi connectivity index (χ3n) is 22.3. The highest BCUT2D eigenvalue weighted by atomic mass is 35.5. The number of fused-ring (bicyclic) bond motifs is 12. The second-order valence-electron chi connectivity index (χ2n) is 34.1. The molecule has 0 radical (unpaired) electrons. The van der Waals surface area contributed by atoms with Crippen LogP contribution in [0.25, 0.3) is 45.3 Å². The molecule has 8 aromatic rings. The number of rotatable bonds is 29. The van der Waals surface area contributed by atoms with E-state index >= 15 is 0 Å². The Bertz CT molecular complexity index is 5430. The standard InChI is InChI=1S/C24H30N2O6.C24H29NO6.C23H29NO6.C21H25ClN2O6/c1-24(2,3)20-13-32-19-11-18(31-9-5-8-30-4)21(14-6-7-14)25-22(19)16-10-17(27)15(23(28)29)12-26(16)20;1-14(2)20-13-31-23-11-22(30-8-4-7-29-3)16(15-5-6-15)9-17(23)19-10-21(26)18(24(27)28)12-25(19)20;1-5-15-9-16-18-10-20(25)17(23(26)27)12-24(18)19(14(2)3)13-30-22(16)11-21(15)29-8-6-7-28-4;1-21(2,3)17-11-30-15-9-16(29-7-5-6-28-4)19(22)23-18(15)13-8-14(25)12(20(26)27)10-24(13)17/h10-12,14,20H,5-9,13H2,1-4H3,(H,28,29);9-12,14-15,20H,4-8,13H2,1-3H3,(H,27,28);9-12,14,19H,5-8,13H2,1-4H3,(H,26,27);8-10,17H,5-7,11H2,1-4H3,(H,26,27)/t2*20-;19-;17-/m0000/s1. The van der Waals surface area contributed by atoms with Gasteiger partial charge < -0.3 is 95.5 Å². The van der Waals surface area contributed by atoms with Gasteiger partial charge >= 0.3 is 23.9 Å². The Morgan fingerprint density at radius 1 is 0.431 bits per heavy atom. The van der Waals surface area contributed by atoms with Crippen LogP contribution < -0.4 is 59.6 Å². The normalized spacial score (nSPS) is 16.5. The lowest BCUT2D eigenvalue weighted by Gasteiger charge is -2.32. The van der Waals surface area contributed by atoms with Crippen molar-refractivity contribution in [3.05, 3.63) is 171 Å². The minimum atomic E-state index is -1.28. The van der Waals surface area contributed by atoms with Gasteiger partial charge in [-0.25, -0.2) is 29.1 Å². The van der Waals surface area contributed by atoms with Crippen LogP contribution in [0.3, 0.4) is 0 Å². The molecule has 662 valence electrons. The van der Waals surface area contributed by atoms with Crippen molar-refractivity contribution in [1.29, 1.82) is 0 Å². The molecular weight excluding hydrogens is 1610 g/mol. The van der Waals surface area contributed by atoms with Crippen LogP contribution in [0.15, 0.2) is 105 Å². The highest BCUT2D eigenvalue weighted by molar-refractivity contribution is 6.31. The maximum Gasteiger partial charge on any atom is 0.341 e. The molecule has 4 N–H and O–H groups in total. The number of hydrogen-bond donors (Lipinski definition) is 4. The van der Waals surface area contributed by atoms with Crippen LogP contribution in [0.1, 0.15) is 222 Å². The Kier molecular flexibility index (Phi) is 30.5. The van der Waals surface area contributed by atoms with Crippen LogP contribution in [-0.2, 0) is 25.4 Å². The van der Waals surface area contributed by atoms with Crippen molar-refractivity contribution < 1.29 is 96.4 Å². The van der Waals surface area contributed by atoms with E-state index in [9.17, 15) is 58.8 Å². The maximum absolute atomic E-state index is 12.6. The van der Waals surface area contributed by atoms with Gasteiger partial charge in [0.2, 0.25) is 0 Å². The summed E-state index contributed by atoms with van der Waals surface area (Å²) in [7, 11) is 6.61. The average Bonchev–Trinajstić information content (AvgIpc) is 1.65. The Morgan fingerprint density at radius 3 is 1.15 bits per heavy atom. The summed E-state index contributed by atoms with van der Waals surface area (Å²) < 4.78 is 76.0. The molecule has 2 aliphatic carbocycles. The monoisotopic (exact) mass is 1720 g/mol. The molecule has 0 spiro atoms. The van der Waals surface area contributed by atoms with Gasteiger partial charge in [-0.15, -0.1) is 0 Å². The molecule has 10 heterocycles. The zero-order chi connectivity index (χ0) is 89.1. The van der Waals surface area contributed by atoms with Gasteiger partial charge in [0.05, 0.1) is 79.1 Å². The number of benzene rings is 2. The molecule has 14 rings (SSSR count). The van der Waals surface area contributed by atoms with Gasteiger partial charge in [-0.05, 0) is 83.9 Å². The predicted octanol–water partition coefficient (Wildman–Crippen LogP) is 15.4. The van der Waals surface area contributed by atoms with Crippen LogP contribution >= 0.6 is 11.6 Å². The summed E-state index contributed by atoms with van der Waals surface area (Å²) in [5.74, 6) is 1.05. The van der Waals surface area contributed by atoms with Crippen LogP contribution in [0.5, 0.6) is 46.0 Å². The quantitative estimate of drug-likeness (QED) is 0.0250. The number of nitrogens with zero attached hydrogens (tertiary/aromatic N) is 6. The molecule has 0 bridgehead atoms. The average molecular weight is 1720 g/mol. The first-order chi connectivity index (χ1) is 58.6. The van der Waals surface area contributed by atoms with Gasteiger partial charge in [0.15, 0.2) is 44.1 Å². The molecule has 0 amide bonds. The number of aryl methyl sites for hydroxylation is 1. The van der Waals surface area contributed by atoms with Gasteiger partial charge in [-0.2, -0.15) is 0 Å². The lowest BCUT2D eigenvalue weighted by atomic mass is 9.86. The number of carboxylic acid groups (broad SMARTS) is 4. The maximum atomic E-state index is 12.6. The van der Waals surface area contributed by atoms with E-state index < -0.39 is 45.6 Å². The Morgan fingerprint density at radius 2 is 0.772 bits per heavy atom. The number of methoxy groups -OCH3 is 4. The van der Waals surface area contributed by atoms with E-state index in [4.69, 9.17) is 73.4 Å². The van der Waals surface area contributed by atoms with Gasteiger partial charge in [0.25, 0.3) is 0 Å². The minimum absolute atomic E-state index is 0.100. The van der Waals surface area contributed by atoms with E-state index in [0.29, 0.717) is 160 Å². The van der Waals surface area contributed by atoms with Crippen molar-refractivity contribution in [2.75, 3.05) is 108 Å². The third-order valence-corrected chi connectivity index (χ3v) is 22.6. The summed E-state index contributed by atoms with van der Waals surface area (Å²) in [4.78, 5) is 106. The van der Waals surface area contributed by atoms with Crippen molar-refractivity contribution >= 4 is 35.5 Å². The van der Waals surface area contributed by atoms with E-state index in [2.05, 4.69) is 45.7 Å². The zero-order valence-electron chi connectivity index (χ0n) is 72.6. The van der Waals surface area contributed by atoms with E-state index in [1.54, 1.807) is 39.1 Å². The first-order valence-corrected chi connectivity index (χ1v) is 42.1. The Balaban J connectivity index is 0.000000160. The summed E-state index contributed by atoms with van der Waals surface area (Å²) in [6.45, 7) is 28.3. The Hall–Kier alpha value is -11.1. The minimum Gasteiger partial charge on any atom is -0.493 e. The summed E-state index contributed by atoms with van der Waals surface area (Å²) >= 11 is 6.34. The molecule has 6 aromatic heterocycles. The lowest BCUT2D eigenvalue weighted by molar-refractivity contribution is 0.0682. The van der Waals surface area contributed by atoms with Crippen molar-refractivity contribution in [1.82, 2.24) is 28.2 Å². The summed E-state index contributed by atoms with van der Waals surface area (Å²) in [6, 6.07) is 16.2. The number of halogens is 1. The van der Waals surface area contributed by atoms with Crippen molar-refractivity contribution in [3.63, 3.8) is 0 Å². The summed E-state index contributed by atoms with van der Waals surface area (Å²) in [6.07, 6.45) is 13.8. The topological polar surface area (TPSA) is 374 Å². The van der Waals surface area contributed by atoms with Gasteiger partial charge in [-0.3, -0.25) is 19.2 Å². The molecule has 4 atom stereocenters. The molecule has 31 heteroatoms. The van der Waals surface area contributed by atoms with E-state index in [1.165, 1.54) is 49.1 Å². The van der Waals surface area contributed by atoms with Crippen LogP contribution in [0.2, 0.25) is 5.15 Å². The molecule has 2 aromatic carbocycles. The van der Waals surface area contributed by atoms with Crippen molar-refractivity contribution in [2.45, 2.75) is 170 Å². The zero-order valence-corrected chi connectivity index (χ0v) is 73.3. The SMILES string of the molecule is CCc1cc2c(cc1OCCCOC)OC[C@@H](C(C)C)n1cc(C(=O)O)c(=O)cc1-2.COCCCOc1cc2c(cc1C1CC1)-c1cc(=O)c(C(=O)O)cn1[C@H](C(C)C)CO2.COCCCOc1cc2c(nc1C1CC1)-c1cc(=O)c(C(=O)O)cn1[C@H](C(C)(C)C)CO2.COCCCOc1cc2c(nc1Cl)-c1cc(=O)c(C(=O)O)cn1[C@H](C(C)(C)C)CO2. The first kappa shape index (κ1) is 92.7. The molecule has 6 aliphatic rings. The summed E-state index contributed by atoms with van der Waals surface area (Å²) in [5, 5.41) is 38.0. The first-order valence-electron chi connectivity index (χ1n) is 41.7. The van der Waals surface area contributed by atoms with Crippen molar-refractivity contribution in [2.24, 2.45) is 22.7 Å². The second kappa shape index (κ2) is 40.5. The number of carbonyl (C=O) groups is 4. The van der Waals surface area contributed by atoms with E-state index in [1.807, 2.05) is 79.5 Å². The summed E-state index contributed by atoms with van der Waals surface area (Å²) in [5.41, 5.74) is 4.13. The van der Waals surface area contributed by atoms with Crippen LogP contribution in [0.4, 0.5) is 0 Å². The number of carboxylic acids is 4. The van der Waals surface area contributed by atoms with E-state index in [-0.39, 0.29) is 80.8 Å². The van der Waals surface area contributed by atoms with E-state index in [0.717, 1.165) is 90.8 Å². The van der Waals surface area contributed by atoms with Crippen molar-refractivity contribution in [3.8, 4) is 91.3 Å². The second-order valence-corrected chi connectivity index (χ2v) is 34.5. The lowest BCUT2D eigenvalue weighted by Crippen LogP contribution is -2.31. The Labute approximate surface area is 718 Å². The fourth-order valence-corrected chi connectivity index (χ4v) is 15.3. The van der Waals surface area contributed by atoms with Crippen LogP contribution in [0, 0.1) is 22.7 Å². The highest BCUT2D eigenvalue weighted by Gasteiger charge is 2.40.